The standard InChI is InChI=1S/C15H21NO3/c1-11(2)19-14-5-3-4-12(8-14)9-16-7-6-13(10-16)15(17)18/h3-5,8,11,13H,6-7,9-10H2,1-2H3,(H,17,18)/t13-/m1/s1. The number of ether oxygens (including phenoxy) is 1. The number of aliphatic carboxylic acids is 1. The first-order valence-electron chi connectivity index (χ1n) is 6.75. The maximum Gasteiger partial charge on any atom is 0.307 e. The summed E-state index contributed by atoms with van der Waals surface area (Å²) in [7, 11) is 0. The number of carbonyl (C=O) groups is 1. The lowest BCUT2D eigenvalue weighted by Gasteiger charge is -2.16. The van der Waals surface area contributed by atoms with Gasteiger partial charge in [-0.3, -0.25) is 9.69 Å². The maximum absolute atomic E-state index is 10.9. The van der Waals surface area contributed by atoms with Gasteiger partial charge in [-0.1, -0.05) is 12.1 Å². The molecule has 1 N–H and O–H groups in total. The second-order valence-corrected chi connectivity index (χ2v) is 5.37. The van der Waals surface area contributed by atoms with E-state index in [9.17, 15) is 4.79 Å². The Morgan fingerprint density at radius 3 is 2.95 bits per heavy atom. The van der Waals surface area contributed by atoms with Crippen molar-refractivity contribution in [2.45, 2.75) is 32.9 Å². The van der Waals surface area contributed by atoms with Crippen LogP contribution in [0.4, 0.5) is 0 Å². The van der Waals surface area contributed by atoms with Crippen LogP contribution < -0.4 is 4.74 Å². The Hall–Kier alpha value is -1.55. The third-order valence-corrected chi connectivity index (χ3v) is 3.30. The van der Waals surface area contributed by atoms with Crippen LogP contribution >= 0.6 is 0 Å². The molecule has 1 heterocycles. The fourth-order valence-corrected chi connectivity index (χ4v) is 2.43. The van der Waals surface area contributed by atoms with Crippen LogP contribution in [0.5, 0.6) is 5.75 Å². The number of carboxylic acids is 1. The minimum absolute atomic E-state index is 0.165. The second-order valence-electron chi connectivity index (χ2n) is 5.37. The van der Waals surface area contributed by atoms with Crippen LogP contribution in [0.2, 0.25) is 0 Å². The van der Waals surface area contributed by atoms with Gasteiger partial charge in [0, 0.05) is 13.1 Å². The van der Waals surface area contributed by atoms with Crippen LogP contribution in [0.15, 0.2) is 24.3 Å². The van der Waals surface area contributed by atoms with E-state index in [1.54, 1.807) is 0 Å². The molecule has 1 aromatic carbocycles. The Morgan fingerprint density at radius 1 is 1.53 bits per heavy atom. The average Bonchev–Trinajstić information content (AvgIpc) is 2.77. The molecule has 0 saturated carbocycles. The number of carboxylic acid groups (broad SMARTS) is 1. The van der Waals surface area contributed by atoms with Gasteiger partial charge < -0.3 is 9.84 Å². The molecule has 1 fully saturated rings. The number of likely N-dealkylation sites (tertiary alicyclic amines) is 1. The van der Waals surface area contributed by atoms with Crippen molar-refractivity contribution in [3.05, 3.63) is 29.8 Å². The largest absolute Gasteiger partial charge is 0.491 e. The molecule has 0 radical (unpaired) electrons. The SMILES string of the molecule is CC(C)Oc1cccc(CN2CC[C@@H](C(=O)O)C2)c1. The highest BCUT2D eigenvalue weighted by Gasteiger charge is 2.27. The molecule has 0 aromatic heterocycles. The van der Waals surface area contributed by atoms with Crippen LogP contribution in [0.3, 0.4) is 0 Å². The highest BCUT2D eigenvalue weighted by Crippen LogP contribution is 2.21. The summed E-state index contributed by atoms with van der Waals surface area (Å²) in [4.78, 5) is 13.1. The van der Waals surface area contributed by atoms with Gasteiger partial charge in [0.1, 0.15) is 5.75 Å². The van der Waals surface area contributed by atoms with Gasteiger partial charge in [0.2, 0.25) is 0 Å². The Bertz CT molecular complexity index is 445. The topological polar surface area (TPSA) is 49.8 Å². The van der Waals surface area contributed by atoms with Crippen molar-refractivity contribution >= 4 is 5.97 Å². The van der Waals surface area contributed by atoms with Gasteiger partial charge in [-0.05, 0) is 44.5 Å². The highest BCUT2D eigenvalue weighted by molar-refractivity contribution is 5.70. The monoisotopic (exact) mass is 263 g/mol. The molecule has 0 unspecified atom stereocenters. The zero-order valence-corrected chi connectivity index (χ0v) is 11.5. The number of hydrogen-bond acceptors (Lipinski definition) is 3. The molecule has 1 saturated heterocycles. The lowest BCUT2D eigenvalue weighted by molar-refractivity contribution is -0.141. The first-order valence-corrected chi connectivity index (χ1v) is 6.75. The molecule has 1 aliphatic heterocycles. The van der Waals surface area contributed by atoms with E-state index >= 15 is 0 Å². The zero-order chi connectivity index (χ0) is 13.8. The summed E-state index contributed by atoms with van der Waals surface area (Å²) in [5.74, 6) is -0.0176. The fraction of sp³-hybridized carbons (Fsp3) is 0.533. The van der Waals surface area contributed by atoms with Crippen LogP contribution in [0.25, 0.3) is 0 Å². The summed E-state index contributed by atoms with van der Waals surface area (Å²) in [5.41, 5.74) is 1.17. The summed E-state index contributed by atoms with van der Waals surface area (Å²) in [6, 6.07) is 8.03. The van der Waals surface area contributed by atoms with Gasteiger partial charge in [-0.2, -0.15) is 0 Å². The number of hydrogen-bond donors (Lipinski definition) is 1. The lowest BCUT2D eigenvalue weighted by atomic mass is 10.1. The number of nitrogens with zero attached hydrogens (tertiary/aromatic N) is 1. The molecule has 4 heteroatoms. The van der Waals surface area contributed by atoms with Gasteiger partial charge in [-0.25, -0.2) is 0 Å². The van der Waals surface area contributed by atoms with E-state index in [2.05, 4.69) is 11.0 Å². The molecule has 19 heavy (non-hydrogen) atoms. The van der Waals surface area contributed by atoms with E-state index in [1.165, 1.54) is 5.56 Å². The van der Waals surface area contributed by atoms with Crippen LogP contribution in [0.1, 0.15) is 25.8 Å². The van der Waals surface area contributed by atoms with Crippen LogP contribution in [0, 0.1) is 5.92 Å². The lowest BCUT2D eigenvalue weighted by Crippen LogP contribution is -2.22. The average molecular weight is 263 g/mol. The van der Waals surface area contributed by atoms with Crippen molar-refractivity contribution in [2.75, 3.05) is 13.1 Å². The van der Waals surface area contributed by atoms with Crippen molar-refractivity contribution in [1.82, 2.24) is 4.90 Å². The second kappa shape index (κ2) is 6.06. The first kappa shape index (κ1) is 13.9. The zero-order valence-electron chi connectivity index (χ0n) is 11.5. The normalized spacial score (nSPS) is 19.8. The molecule has 4 nitrogen and oxygen atoms in total. The number of benzene rings is 1. The molecule has 0 bridgehead atoms. The molecular formula is C15H21NO3. The van der Waals surface area contributed by atoms with Crippen molar-refractivity contribution < 1.29 is 14.6 Å². The quantitative estimate of drug-likeness (QED) is 0.886. The Labute approximate surface area is 114 Å². The van der Waals surface area contributed by atoms with Crippen molar-refractivity contribution in [1.29, 1.82) is 0 Å². The van der Waals surface area contributed by atoms with E-state index in [1.807, 2.05) is 32.0 Å². The fourth-order valence-electron chi connectivity index (χ4n) is 2.43. The van der Waals surface area contributed by atoms with Gasteiger partial charge >= 0.3 is 5.97 Å². The molecule has 0 spiro atoms. The summed E-state index contributed by atoms with van der Waals surface area (Å²) >= 11 is 0. The summed E-state index contributed by atoms with van der Waals surface area (Å²) < 4.78 is 5.67. The van der Waals surface area contributed by atoms with Gasteiger partial charge in [-0.15, -0.1) is 0 Å². The van der Waals surface area contributed by atoms with Crippen molar-refractivity contribution in [2.24, 2.45) is 5.92 Å². The summed E-state index contributed by atoms with van der Waals surface area (Å²) in [6.07, 6.45) is 0.913. The van der Waals surface area contributed by atoms with Crippen LogP contribution in [-0.4, -0.2) is 35.2 Å². The molecule has 1 atom stereocenters. The molecule has 1 aromatic rings. The predicted octanol–water partition coefficient (Wildman–Crippen LogP) is 2.38. The maximum atomic E-state index is 10.9. The smallest absolute Gasteiger partial charge is 0.307 e. The van der Waals surface area contributed by atoms with Crippen molar-refractivity contribution in [3.8, 4) is 5.75 Å². The predicted molar refractivity (Wildman–Crippen MR) is 73.2 cm³/mol. The third kappa shape index (κ3) is 3.96. The van der Waals surface area contributed by atoms with E-state index in [0.29, 0.717) is 6.54 Å². The third-order valence-electron chi connectivity index (χ3n) is 3.30. The number of rotatable bonds is 5. The Morgan fingerprint density at radius 2 is 2.32 bits per heavy atom. The molecule has 104 valence electrons. The minimum Gasteiger partial charge on any atom is -0.491 e. The van der Waals surface area contributed by atoms with Gasteiger partial charge in [0.15, 0.2) is 0 Å². The summed E-state index contributed by atoms with van der Waals surface area (Å²) in [6.45, 7) is 6.30. The summed E-state index contributed by atoms with van der Waals surface area (Å²) in [5, 5.41) is 8.99. The first-order chi connectivity index (χ1) is 9.04. The molecule has 0 amide bonds. The van der Waals surface area contributed by atoms with E-state index in [0.717, 1.165) is 25.3 Å². The molecule has 1 aliphatic rings. The van der Waals surface area contributed by atoms with Crippen molar-refractivity contribution in [3.63, 3.8) is 0 Å². The van der Waals surface area contributed by atoms with Crippen LogP contribution in [-0.2, 0) is 11.3 Å². The Balaban J connectivity index is 1.94. The van der Waals surface area contributed by atoms with E-state index < -0.39 is 5.97 Å². The molecule has 2 rings (SSSR count). The minimum atomic E-state index is -0.681. The molecule has 0 aliphatic carbocycles. The van der Waals surface area contributed by atoms with Gasteiger partial charge in [0.05, 0.1) is 12.0 Å². The van der Waals surface area contributed by atoms with E-state index in [-0.39, 0.29) is 12.0 Å². The molecular weight excluding hydrogens is 242 g/mol. The highest BCUT2D eigenvalue weighted by atomic mass is 16.5. The Kier molecular flexibility index (Phi) is 4.43. The van der Waals surface area contributed by atoms with Gasteiger partial charge in [0.25, 0.3) is 0 Å². The van der Waals surface area contributed by atoms with E-state index in [4.69, 9.17) is 9.84 Å².